The largest absolute Gasteiger partial charge is 0.497 e. The van der Waals surface area contributed by atoms with Gasteiger partial charge in [0, 0.05) is 12.6 Å². The van der Waals surface area contributed by atoms with Gasteiger partial charge < -0.3 is 30.9 Å². The Morgan fingerprint density at radius 2 is 1.86 bits per heavy atom. The fourth-order valence-corrected chi connectivity index (χ4v) is 2.75. The predicted molar refractivity (Wildman–Crippen MR) is 110 cm³/mol. The van der Waals surface area contributed by atoms with E-state index in [4.69, 9.17) is 31.9 Å². The van der Waals surface area contributed by atoms with Gasteiger partial charge in [-0.1, -0.05) is 23.7 Å². The van der Waals surface area contributed by atoms with Crippen molar-refractivity contribution >= 4 is 23.6 Å². The van der Waals surface area contributed by atoms with Crippen molar-refractivity contribution in [1.29, 1.82) is 0 Å². The SMILES string of the molecule is COc1ccc(Oc2ccc(CNC(=O)C(CCCN)NC(=O)O)cc2)c(Cl)c1. The number of hydrogen-bond acceptors (Lipinski definition) is 5. The zero-order valence-electron chi connectivity index (χ0n) is 16.0. The molecule has 0 aliphatic rings. The van der Waals surface area contributed by atoms with Crippen LogP contribution in [0.3, 0.4) is 0 Å². The minimum absolute atomic E-state index is 0.253. The Labute approximate surface area is 173 Å². The summed E-state index contributed by atoms with van der Waals surface area (Å²) in [7, 11) is 1.56. The summed E-state index contributed by atoms with van der Waals surface area (Å²) in [6.07, 6.45) is -0.372. The number of carboxylic acid groups (broad SMARTS) is 1. The molecule has 0 radical (unpaired) electrons. The van der Waals surface area contributed by atoms with E-state index < -0.39 is 18.0 Å². The number of halogens is 1. The summed E-state index contributed by atoms with van der Waals surface area (Å²) < 4.78 is 10.9. The van der Waals surface area contributed by atoms with E-state index in [1.54, 1.807) is 49.6 Å². The van der Waals surface area contributed by atoms with Gasteiger partial charge in [-0.15, -0.1) is 0 Å². The normalized spacial score (nSPS) is 11.4. The minimum atomic E-state index is -1.25. The maximum absolute atomic E-state index is 12.2. The molecule has 8 nitrogen and oxygen atoms in total. The predicted octanol–water partition coefficient (Wildman–Crippen LogP) is 3.13. The number of rotatable bonds is 10. The summed E-state index contributed by atoms with van der Waals surface area (Å²) >= 11 is 6.17. The van der Waals surface area contributed by atoms with E-state index in [0.29, 0.717) is 41.7 Å². The quantitative estimate of drug-likeness (QED) is 0.467. The first kappa shape index (κ1) is 22.3. The van der Waals surface area contributed by atoms with E-state index in [1.165, 1.54) is 0 Å². The summed E-state index contributed by atoms with van der Waals surface area (Å²) in [4.78, 5) is 23.1. The van der Waals surface area contributed by atoms with Crippen molar-refractivity contribution in [1.82, 2.24) is 10.6 Å². The van der Waals surface area contributed by atoms with Crippen molar-refractivity contribution in [3.8, 4) is 17.2 Å². The lowest BCUT2D eigenvalue weighted by Crippen LogP contribution is -2.46. The molecule has 0 spiro atoms. The molecule has 2 aromatic rings. The number of benzene rings is 2. The van der Waals surface area contributed by atoms with Gasteiger partial charge in [0.25, 0.3) is 0 Å². The highest BCUT2D eigenvalue weighted by atomic mass is 35.5. The molecule has 0 saturated carbocycles. The fourth-order valence-electron chi connectivity index (χ4n) is 2.55. The van der Waals surface area contributed by atoms with Crippen LogP contribution in [-0.2, 0) is 11.3 Å². The summed E-state index contributed by atoms with van der Waals surface area (Å²) in [5.41, 5.74) is 6.27. The molecule has 5 N–H and O–H groups in total. The molecule has 0 aliphatic carbocycles. The maximum Gasteiger partial charge on any atom is 0.405 e. The van der Waals surface area contributed by atoms with Crippen molar-refractivity contribution in [2.45, 2.75) is 25.4 Å². The van der Waals surface area contributed by atoms with Crippen molar-refractivity contribution in [3.63, 3.8) is 0 Å². The van der Waals surface area contributed by atoms with Gasteiger partial charge >= 0.3 is 6.09 Å². The van der Waals surface area contributed by atoms with Crippen LogP contribution in [-0.4, -0.2) is 36.8 Å². The van der Waals surface area contributed by atoms with Crippen molar-refractivity contribution in [2.24, 2.45) is 5.73 Å². The summed E-state index contributed by atoms with van der Waals surface area (Å²) in [5, 5.41) is 14.2. The molecule has 29 heavy (non-hydrogen) atoms. The second-order valence-corrected chi connectivity index (χ2v) is 6.60. The summed E-state index contributed by atoms with van der Waals surface area (Å²) in [5.74, 6) is 1.32. The number of amides is 2. The van der Waals surface area contributed by atoms with E-state index in [0.717, 1.165) is 5.56 Å². The number of methoxy groups -OCH3 is 1. The number of carbonyl (C=O) groups is 2. The molecule has 0 bridgehead atoms. The maximum atomic E-state index is 12.2. The Hall–Kier alpha value is -2.97. The molecule has 0 saturated heterocycles. The molecule has 0 fully saturated rings. The van der Waals surface area contributed by atoms with E-state index in [1.807, 2.05) is 0 Å². The van der Waals surface area contributed by atoms with Crippen LogP contribution >= 0.6 is 11.6 Å². The van der Waals surface area contributed by atoms with Crippen molar-refractivity contribution < 1.29 is 24.2 Å². The number of hydrogen-bond donors (Lipinski definition) is 4. The van der Waals surface area contributed by atoms with Crippen LogP contribution in [0.4, 0.5) is 4.79 Å². The first-order chi connectivity index (χ1) is 13.9. The Balaban J connectivity index is 1.92. The van der Waals surface area contributed by atoms with Crippen LogP contribution in [0.5, 0.6) is 17.2 Å². The van der Waals surface area contributed by atoms with Crippen molar-refractivity contribution in [2.75, 3.05) is 13.7 Å². The van der Waals surface area contributed by atoms with Crippen LogP contribution < -0.4 is 25.8 Å². The highest BCUT2D eigenvalue weighted by molar-refractivity contribution is 6.32. The minimum Gasteiger partial charge on any atom is -0.497 e. The van der Waals surface area contributed by atoms with Crippen LogP contribution in [0.25, 0.3) is 0 Å². The number of carbonyl (C=O) groups excluding carboxylic acids is 1. The average molecular weight is 422 g/mol. The molecule has 9 heteroatoms. The van der Waals surface area contributed by atoms with Gasteiger partial charge in [0.2, 0.25) is 5.91 Å². The van der Waals surface area contributed by atoms with Crippen LogP contribution in [0.15, 0.2) is 42.5 Å². The monoisotopic (exact) mass is 421 g/mol. The third-order valence-corrected chi connectivity index (χ3v) is 4.36. The second kappa shape index (κ2) is 11.1. The topological polar surface area (TPSA) is 123 Å². The first-order valence-corrected chi connectivity index (χ1v) is 9.38. The summed E-state index contributed by atoms with van der Waals surface area (Å²) in [6, 6.07) is 11.4. The molecule has 2 amide bonds. The Morgan fingerprint density at radius 1 is 1.17 bits per heavy atom. The fraction of sp³-hybridized carbons (Fsp3) is 0.300. The lowest BCUT2D eigenvalue weighted by atomic mass is 10.1. The molecular formula is C20H24ClN3O5. The lowest BCUT2D eigenvalue weighted by Gasteiger charge is -2.16. The zero-order chi connectivity index (χ0) is 21.2. The van der Waals surface area contributed by atoms with Crippen LogP contribution in [0.2, 0.25) is 5.02 Å². The average Bonchev–Trinajstić information content (AvgIpc) is 2.71. The third kappa shape index (κ3) is 7.17. The molecule has 0 heterocycles. The lowest BCUT2D eigenvalue weighted by molar-refractivity contribution is -0.123. The van der Waals surface area contributed by atoms with Gasteiger partial charge in [-0.2, -0.15) is 0 Å². The molecular weight excluding hydrogens is 398 g/mol. The Bertz CT molecular complexity index is 829. The highest BCUT2D eigenvalue weighted by Gasteiger charge is 2.19. The summed E-state index contributed by atoms with van der Waals surface area (Å²) in [6.45, 7) is 0.633. The van der Waals surface area contributed by atoms with E-state index in [9.17, 15) is 9.59 Å². The first-order valence-electron chi connectivity index (χ1n) is 9.00. The number of ether oxygens (including phenoxy) is 2. The van der Waals surface area contributed by atoms with E-state index >= 15 is 0 Å². The molecule has 1 atom stereocenters. The molecule has 0 aromatic heterocycles. The van der Waals surface area contributed by atoms with E-state index in [2.05, 4.69) is 10.6 Å². The zero-order valence-corrected chi connectivity index (χ0v) is 16.7. The standard InChI is InChI=1S/C20H24ClN3O5/c1-28-15-8-9-18(16(21)11-15)29-14-6-4-13(5-7-14)12-23-19(25)17(3-2-10-22)24-20(26)27/h4-9,11,17,24H,2-3,10,12,22H2,1H3,(H,23,25)(H,26,27). The van der Waals surface area contributed by atoms with Crippen LogP contribution in [0.1, 0.15) is 18.4 Å². The molecule has 1 unspecified atom stereocenters. The van der Waals surface area contributed by atoms with Gasteiger partial charge in [-0.3, -0.25) is 4.79 Å². The molecule has 2 rings (SSSR count). The Kier molecular flexibility index (Phi) is 8.57. The number of nitrogens with one attached hydrogen (secondary N) is 2. The van der Waals surface area contributed by atoms with Gasteiger partial charge in [0.15, 0.2) is 0 Å². The number of nitrogens with two attached hydrogens (primary N) is 1. The molecule has 2 aromatic carbocycles. The smallest absolute Gasteiger partial charge is 0.405 e. The van der Waals surface area contributed by atoms with Gasteiger partial charge in [-0.25, -0.2) is 4.79 Å². The van der Waals surface area contributed by atoms with Gasteiger partial charge in [-0.05, 0) is 49.2 Å². The van der Waals surface area contributed by atoms with Gasteiger partial charge in [0.1, 0.15) is 23.3 Å². The van der Waals surface area contributed by atoms with Crippen LogP contribution in [0, 0.1) is 0 Å². The third-order valence-electron chi connectivity index (χ3n) is 4.07. The van der Waals surface area contributed by atoms with Crippen molar-refractivity contribution in [3.05, 3.63) is 53.1 Å². The second-order valence-electron chi connectivity index (χ2n) is 6.19. The van der Waals surface area contributed by atoms with E-state index in [-0.39, 0.29) is 6.54 Å². The highest BCUT2D eigenvalue weighted by Crippen LogP contribution is 2.32. The molecule has 0 aliphatic heterocycles. The molecule has 156 valence electrons. The Morgan fingerprint density at radius 3 is 2.45 bits per heavy atom. The van der Waals surface area contributed by atoms with Gasteiger partial charge in [0.05, 0.1) is 12.1 Å².